The third-order valence-electron chi connectivity index (χ3n) is 1.90. The first kappa shape index (κ1) is 14.5. The Kier molecular flexibility index (Phi) is 5.00. The smallest absolute Gasteiger partial charge is 0.467 e. The van der Waals surface area contributed by atoms with Crippen molar-refractivity contribution < 1.29 is 27.5 Å². The van der Waals surface area contributed by atoms with Crippen molar-refractivity contribution >= 4 is 11.9 Å². The van der Waals surface area contributed by atoms with Crippen molar-refractivity contribution in [2.75, 3.05) is 7.11 Å². The Morgan fingerprint density at radius 1 is 1.44 bits per heavy atom. The first-order valence-electron chi connectivity index (χ1n) is 4.32. The number of methoxy groups -OCH3 is 1. The minimum atomic E-state index is -5.03. The van der Waals surface area contributed by atoms with E-state index in [4.69, 9.17) is 0 Å². The van der Waals surface area contributed by atoms with Gasteiger partial charge in [0.25, 0.3) is 0 Å². The summed E-state index contributed by atoms with van der Waals surface area (Å²) in [5.74, 6) is -3.81. The molecule has 0 spiro atoms. The number of alkyl halides is 3. The SMILES string of the molecule is C=CC(C)[C@H](NC(=O)C(F)(F)F)C(=O)OC. The molecule has 0 bridgehead atoms. The summed E-state index contributed by atoms with van der Waals surface area (Å²) in [5.41, 5.74) is 0. The normalized spacial score (nSPS) is 14.8. The van der Waals surface area contributed by atoms with Gasteiger partial charge in [0.15, 0.2) is 0 Å². The van der Waals surface area contributed by atoms with Gasteiger partial charge >= 0.3 is 18.1 Å². The van der Waals surface area contributed by atoms with E-state index in [1.54, 1.807) is 5.32 Å². The summed E-state index contributed by atoms with van der Waals surface area (Å²) in [6.45, 7) is 4.76. The Morgan fingerprint density at radius 2 is 1.94 bits per heavy atom. The lowest BCUT2D eigenvalue weighted by molar-refractivity contribution is -0.176. The molecule has 0 fully saturated rings. The largest absolute Gasteiger partial charge is 0.471 e. The van der Waals surface area contributed by atoms with Crippen molar-refractivity contribution in [2.24, 2.45) is 5.92 Å². The lowest BCUT2D eigenvalue weighted by Crippen LogP contribution is -2.49. The number of hydrogen-bond acceptors (Lipinski definition) is 3. The molecule has 0 saturated carbocycles. The van der Waals surface area contributed by atoms with Crippen LogP contribution in [-0.4, -0.2) is 31.2 Å². The molecule has 0 aromatic carbocycles. The second kappa shape index (κ2) is 5.53. The van der Waals surface area contributed by atoms with E-state index in [-0.39, 0.29) is 0 Å². The van der Waals surface area contributed by atoms with E-state index in [9.17, 15) is 22.8 Å². The van der Waals surface area contributed by atoms with Gasteiger partial charge in [-0.3, -0.25) is 4.79 Å². The molecule has 16 heavy (non-hydrogen) atoms. The fourth-order valence-corrected chi connectivity index (χ4v) is 0.891. The fourth-order valence-electron chi connectivity index (χ4n) is 0.891. The highest BCUT2D eigenvalue weighted by molar-refractivity contribution is 5.87. The van der Waals surface area contributed by atoms with Crippen LogP contribution >= 0.6 is 0 Å². The Bertz CT molecular complexity index is 288. The highest BCUT2D eigenvalue weighted by Gasteiger charge is 2.41. The van der Waals surface area contributed by atoms with Crippen LogP contribution in [-0.2, 0) is 14.3 Å². The zero-order valence-corrected chi connectivity index (χ0v) is 8.80. The number of hydrogen-bond donors (Lipinski definition) is 1. The molecule has 92 valence electrons. The maximum Gasteiger partial charge on any atom is 0.471 e. The van der Waals surface area contributed by atoms with E-state index < -0.39 is 30.0 Å². The molecule has 0 aliphatic carbocycles. The van der Waals surface area contributed by atoms with Crippen molar-refractivity contribution in [2.45, 2.75) is 19.1 Å². The van der Waals surface area contributed by atoms with Gasteiger partial charge in [0.2, 0.25) is 0 Å². The van der Waals surface area contributed by atoms with Gasteiger partial charge < -0.3 is 10.1 Å². The van der Waals surface area contributed by atoms with Gasteiger partial charge in [-0.15, -0.1) is 6.58 Å². The topological polar surface area (TPSA) is 55.4 Å². The van der Waals surface area contributed by atoms with Gasteiger partial charge in [0.05, 0.1) is 7.11 Å². The van der Waals surface area contributed by atoms with Crippen LogP contribution in [0.4, 0.5) is 13.2 Å². The average molecular weight is 239 g/mol. The maximum absolute atomic E-state index is 12.0. The van der Waals surface area contributed by atoms with Crippen molar-refractivity contribution in [3.63, 3.8) is 0 Å². The van der Waals surface area contributed by atoms with Crippen LogP contribution in [0, 0.1) is 5.92 Å². The van der Waals surface area contributed by atoms with Crippen LogP contribution in [0.3, 0.4) is 0 Å². The zero-order valence-electron chi connectivity index (χ0n) is 8.80. The molecule has 0 saturated heterocycles. The molecular formula is C9H12F3NO3. The first-order valence-corrected chi connectivity index (χ1v) is 4.32. The second-order valence-electron chi connectivity index (χ2n) is 3.07. The summed E-state index contributed by atoms with van der Waals surface area (Å²) >= 11 is 0. The Morgan fingerprint density at radius 3 is 2.25 bits per heavy atom. The predicted octanol–water partition coefficient (Wildman–Crippen LogP) is 1.03. The van der Waals surface area contributed by atoms with Gasteiger partial charge in [0, 0.05) is 5.92 Å². The minimum Gasteiger partial charge on any atom is -0.467 e. The monoisotopic (exact) mass is 239 g/mol. The number of carbonyl (C=O) groups excluding carboxylic acids is 2. The highest BCUT2D eigenvalue weighted by atomic mass is 19.4. The molecule has 0 aromatic heterocycles. The third-order valence-corrected chi connectivity index (χ3v) is 1.90. The van der Waals surface area contributed by atoms with Gasteiger partial charge in [0.1, 0.15) is 6.04 Å². The molecule has 1 N–H and O–H groups in total. The number of esters is 1. The Balaban J connectivity index is 4.75. The van der Waals surface area contributed by atoms with E-state index in [1.165, 1.54) is 13.0 Å². The number of rotatable bonds is 4. The van der Waals surface area contributed by atoms with E-state index in [0.29, 0.717) is 0 Å². The van der Waals surface area contributed by atoms with Gasteiger partial charge in [-0.05, 0) is 0 Å². The third kappa shape index (κ3) is 3.92. The predicted molar refractivity (Wildman–Crippen MR) is 49.4 cm³/mol. The molecule has 0 aliphatic heterocycles. The standard InChI is InChI=1S/C9H12F3NO3/c1-4-5(2)6(7(14)16-3)13-8(15)9(10,11)12/h4-6H,1H2,2-3H3,(H,13,15)/t5?,6-/m0/s1. The molecule has 0 rings (SSSR count). The summed E-state index contributed by atoms with van der Waals surface area (Å²) < 4.78 is 40.1. The van der Waals surface area contributed by atoms with E-state index >= 15 is 0 Å². The molecule has 0 heterocycles. The number of halogens is 3. The van der Waals surface area contributed by atoms with E-state index in [0.717, 1.165) is 7.11 Å². The Hall–Kier alpha value is -1.53. The van der Waals surface area contributed by atoms with E-state index in [1.807, 2.05) is 0 Å². The number of ether oxygens (including phenoxy) is 1. The number of amides is 1. The quantitative estimate of drug-likeness (QED) is 0.588. The summed E-state index contributed by atoms with van der Waals surface area (Å²) in [7, 11) is 1.02. The van der Waals surface area contributed by atoms with Crippen LogP contribution in [0.15, 0.2) is 12.7 Å². The summed E-state index contributed by atoms with van der Waals surface area (Å²) in [5, 5.41) is 1.55. The van der Waals surface area contributed by atoms with Crippen LogP contribution in [0.2, 0.25) is 0 Å². The van der Waals surface area contributed by atoms with Crippen molar-refractivity contribution in [1.29, 1.82) is 0 Å². The second-order valence-corrected chi connectivity index (χ2v) is 3.07. The van der Waals surface area contributed by atoms with Crippen molar-refractivity contribution in [1.82, 2.24) is 5.32 Å². The lowest BCUT2D eigenvalue weighted by Gasteiger charge is -2.20. The molecule has 7 heteroatoms. The molecule has 2 atom stereocenters. The van der Waals surface area contributed by atoms with Crippen LogP contribution in [0.5, 0.6) is 0 Å². The van der Waals surface area contributed by atoms with Crippen molar-refractivity contribution in [3.8, 4) is 0 Å². The van der Waals surface area contributed by atoms with Crippen LogP contribution < -0.4 is 5.32 Å². The van der Waals surface area contributed by atoms with Gasteiger partial charge in [-0.2, -0.15) is 13.2 Å². The fraction of sp³-hybridized carbons (Fsp3) is 0.556. The van der Waals surface area contributed by atoms with E-state index in [2.05, 4.69) is 11.3 Å². The van der Waals surface area contributed by atoms with Gasteiger partial charge in [-0.25, -0.2) is 4.79 Å². The highest BCUT2D eigenvalue weighted by Crippen LogP contribution is 2.16. The molecule has 0 aliphatic rings. The maximum atomic E-state index is 12.0. The van der Waals surface area contributed by atoms with Gasteiger partial charge in [-0.1, -0.05) is 13.0 Å². The summed E-state index contributed by atoms with van der Waals surface area (Å²) in [6, 6.07) is -1.39. The molecule has 4 nitrogen and oxygen atoms in total. The van der Waals surface area contributed by atoms with Crippen molar-refractivity contribution in [3.05, 3.63) is 12.7 Å². The Labute approximate surface area is 90.5 Å². The minimum absolute atomic E-state index is 0.668. The summed E-state index contributed by atoms with van der Waals surface area (Å²) in [4.78, 5) is 21.8. The molecule has 1 amide bonds. The van der Waals surface area contributed by atoms with Crippen LogP contribution in [0.25, 0.3) is 0 Å². The summed E-state index contributed by atoms with van der Waals surface area (Å²) in [6.07, 6.45) is -3.79. The molecular weight excluding hydrogens is 227 g/mol. The van der Waals surface area contributed by atoms with Crippen LogP contribution in [0.1, 0.15) is 6.92 Å². The first-order chi connectivity index (χ1) is 7.23. The number of carbonyl (C=O) groups is 2. The molecule has 0 radical (unpaired) electrons. The lowest BCUT2D eigenvalue weighted by atomic mass is 10.0. The zero-order chi connectivity index (χ0) is 12.9. The average Bonchev–Trinajstić information content (AvgIpc) is 2.21. The molecule has 1 unspecified atom stereocenters. The number of nitrogens with one attached hydrogen (secondary N) is 1. The molecule has 0 aromatic rings.